The van der Waals surface area contributed by atoms with Crippen molar-refractivity contribution in [2.75, 3.05) is 0 Å². The van der Waals surface area contributed by atoms with Crippen LogP contribution in [0.15, 0.2) is 23.8 Å². The number of Topliss-reactive ketones (excluding diaryl/α,β-unsaturated/α-hetero) is 1. The number of ketones is 2. The highest BCUT2D eigenvalue weighted by Gasteiger charge is 2.75. The summed E-state index contributed by atoms with van der Waals surface area (Å²) in [7, 11) is -13.9. The van der Waals surface area contributed by atoms with Gasteiger partial charge in [-0.1, -0.05) is 25.5 Å². The molecule has 0 amide bonds. The minimum absolute atomic E-state index is 0.0374. The number of hydrogen-bond donors (Lipinski definition) is 11. The molecule has 0 aromatic heterocycles. The second-order valence-electron chi connectivity index (χ2n) is 11.3. The molecule has 0 unspecified atom stereocenters. The average Bonchev–Trinajstić information content (AvgIpc) is 2.93. The lowest BCUT2D eigenvalue weighted by atomic mass is 9.44. The van der Waals surface area contributed by atoms with Crippen molar-refractivity contribution in [1.29, 1.82) is 0 Å². The highest BCUT2D eigenvalue weighted by atomic mass is 31.2. The van der Waals surface area contributed by atoms with E-state index in [0.29, 0.717) is 19.3 Å². The Balaban J connectivity index is 0.000000488. The van der Waals surface area contributed by atoms with Crippen molar-refractivity contribution in [3.8, 4) is 0 Å². The van der Waals surface area contributed by atoms with Crippen LogP contribution >= 0.6 is 23.5 Å². The SMILES string of the molecule is CC(=O)[C@@]1(O)[C@H](C)C[C@H]2[C@@H]3CCC4=CC(=O)C=C[C@]4(C)[C@@]3(F)[C@@H](O)C[C@@]21C.O=P(O)(O)O.O=P(O)(O)O.O=P(O)(O)O. The first-order valence-electron chi connectivity index (χ1n) is 12.3. The van der Waals surface area contributed by atoms with Crippen LogP contribution in [0.3, 0.4) is 0 Å². The summed E-state index contributed by atoms with van der Waals surface area (Å²) >= 11 is 0. The Morgan fingerprint density at radius 3 is 1.76 bits per heavy atom. The van der Waals surface area contributed by atoms with Gasteiger partial charge in [0.05, 0.1) is 6.10 Å². The molecule has 4 aliphatic carbocycles. The second kappa shape index (κ2) is 12.8. The normalized spacial score (nSPS) is 39.0. The molecule has 0 radical (unpaired) electrons. The van der Waals surface area contributed by atoms with Gasteiger partial charge >= 0.3 is 23.5 Å². The van der Waals surface area contributed by atoms with E-state index in [2.05, 4.69) is 0 Å². The van der Waals surface area contributed by atoms with E-state index in [-0.39, 0.29) is 29.8 Å². The van der Waals surface area contributed by atoms with Crippen molar-refractivity contribution in [2.45, 2.75) is 70.8 Å². The summed E-state index contributed by atoms with van der Waals surface area (Å²) < 4.78 is 43.5. The lowest BCUT2D eigenvalue weighted by molar-refractivity contribution is -0.218. The predicted molar refractivity (Wildman–Crippen MR) is 141 cm³/mol. The van der Waals surface area contributed by atoms with Crippen LogP contribution in [0.25, 0.3) is 0 Å². The smallest absolute Gasteiger partial charge is 0.390 e. The van der Waals surface area contributed by atoms with Crippen LogP contribution in [0.5, 0.6) is 0 Å². The number of allylic oxidation sites excluding steroid dienone is 4. The maximum Gasteiger partial charge on any atom is 0.466 e. The molecule has 8 atom stereocenters. The zero-order valence-electron chi connectivity index (χ0n) is 23.1. The average molecular weight is 670 g/mol. The minimum Gasteiger partial charge on any atom is -0.390 e. The zero-order valence-corrected chi connectivity index (χ0v) is 25.7. The molecule has 0 aromatic carbocycles. The summed E-state index contributed by atoms with van der Waals surface area (Å²) in [6.45, 7) is 6.87. The van der Waals surface area contributed by atoms with E-state index in [1.807, 2.05) is 13.8 Å². The molecule has 0 bridgehead atoms. The standard InChI is InChI=1S/C22H29FO4.3H3O4P/c1-12-9-17-16-6-5-14-10-15(25)7-8-19(14,3)21(16,23)18(26)11-20(17,4)22(12,27)13(2)24;3*1-5(2,3)4/h7-8,10,12,16-18,26-27H,5-6,9,11H2,1-4H3;3*(H3,1,2,3,4)/t12-,16+,17+,18+,19+,20+,21+,22+;;;/m1.../s1. The van der Waals surface area contributed by atoms with Gasteiger partial charge in [-0.2, -0.15) is 0 Å². The van der Waals surface area contributed by atoms with E-state index in [1.165, 1.54) is 19.1 Å². The summed E-state index contributed by atoms with van der Waals surface area (Å²) in [5.74, 6) is -1.39. The Bertz CT molecular complexity index is 1180. The van der Waals surface area contributed by atoms with E-state index in [9.17, 15) is 19.8 Å². The molecule has 16 nitrogen and oxygen atoms in total. The Morgan fingerprint density at radius 2 is 1.36 bits per heavy atom. The van der Waals surface area contributed by atoms with Crippen molar-refractivity contribution in [3.05, 3.63) is 23.8 Å². The van der Waals surface area contributed by atoms with Crippen LogP contribution in [0, 0.1) is 28.6 Å². The fourth-order valence-corrected chi connectivity index (χ4v) is 7.30. The van der Waals surface area contributed by atoms with Gasteiger partial charge in [-0.3, -0.25) is 9.59 Å². The first kappa shape index (κ1) is 39.0. The molecular weight excluding hydrogens is 632 g/mol. The molecule has 4 rings (SSSR count). The summed E-state index contributed by atoms with van der Waals surface area (Å²) in [5.41, 5.74) is -4.62. The van der Waals surface area contributed by atoms with Gasteiger partial charge in [0.15, 0.2) is 17.2 Å². The van der Waals surface area contributed by atoms with Crippen molar-refractivity contribution in [1.82, 2.24) is 0 Å². The highest BCUT2D eigenvalue weighted by molar-refractivity contribution is 7.45. The van der Waals surface area contributed by atoms with Crippen LogP contribution < -0.4 is 0 Å². The van der Waals surface area contributed by atoms with Crippen molar-refractivity contribution < 1.29 is 81.9 Å². The highest BCUT2D eigenvalue weighted by Crippen LogP contribution is 2.70. The molecule has 244 valence electrons. The van der Waals surface area contributed by atoms with Gasteiger partial charge in [-0.05, 0) is 63.5 Å². The Labute approximate surface area is 240 Å². The number of phosphoric acid groups is 3. The van der Waals surface area contributed by atoms with E-state index >= 15 is 4.39 Å². The number of alkyl halides is 1. The molecule has 42 heavy (non-hydrogen) atoms. The molecule has 0 heterocycles. The quantitative estimate of drug-likeness (QED) is 0.165. The number of rotatable bonds is 1. The molecule has 3 saturated carbocycles. The first-order chi connectivity index (χ1) is 18.4. The number of aliphatic hydroxyl groups is 2. The maximum atomic E-state index is 16.8. The van der Waals surface area contributed by atoms with Crippen LogP contribution in [0.1, 0.15) is 53.4 Å². The Hall–Kier alpha value is -1.00. The summed E-state index contributed by atoms with van der Waals surface area (Å²) in [4.78, 5) is 88.9. The molecular formula is C22H38FO16P3. The molecule has 0 saturated heterocycles. The largest absolute Gasteiger partial charge is 0.466 e. The van der Waals surface area contributed by atoms with E-state index in [1.54, 1.807) is 13.0 Å². The molecule has 4 aliphatic rings. The van der Waals surface area contributed by atoms with Crippen LogP contribution in [0.2, 0.25) is 0 Å². The number of carbonyl (C=O) groups excluding carboxylic acids is 2. The number of hydrogen-bond acceptors (Lipinski definition) is 7. The van der Waals surface area contributed by atoms with E-state index < -0.39 is 57.6 Å². The van der Waals surface area contributed by atoms with Crippen molar-refractivity contribution in [3.63, 3.8) is 0 Å². The zero-order chi connectivity index (χ0) is 33.5. The molecule has 20 heteroatoms. The van der Waals surface area contributed by atoms with Crippen LogP contribution in [-0.2, 0) is 23.3 Å². The van der Waals surface area contributed by atoms with E-state index in [4.69, 9.17) is 57.7 Å². The lowest BCUT2D eigenvalue weighted by Gasteiger charge is -2.62. The third kappa shape index (κ3) is 8.58. The van der Waals surface area contributed by atoms with Gasteiger partial charge in [0, 0.05) is 16.7 Å². The number of carbonyl (C=O) groups is 2. The van der Waals surface area contributed by atoms with Crippen LogP contribution in [-0.4, -0.2) is 83.2 Å². The Morgan fingerprint density at radius 1 is 0.929 bits per heavy atom. The van der Waals surface area contributed by atoms with E-state index in [0.717, 1.165) is 5.57 Å². The summed E-state index contributed by atoms with van der Waals surface area (Å²) in [5, 5.41) is 22.5. The van der Waals surface area contributed by atoms with Gasteiger partial charge in [0.2, 0.25) is 0 Å². The van der Waals surface area contributed by atoms with Gasteiger partial charge in [0.1, 0.15) is 5.60 Å². The minimum atomic E-state index is -4.64. The first-order valence-corrected chi connectivity index (χ1v) is 17.0. The predicted octanol–water partition coefficient (Wildman–Crippen LogP) is 0.137. The maximum absolute atomic E-state index is 16.8. The summed E-state index contributed by atoms with van der Waals surface area (Å²) in [6, 6.07) is 0. The third-order valence-electron chi connectivity index (χ3n) is 8.76. The molecule has 11 N–H and O–H groups in total. The number of fused-ring (bicyclic) bond motifs is 5. The molecule has 0 aromatic rings. The summed E-state index contributed by atoms with van der Waals surface area (Å²) in [6.07, 6.45) is 4.93. The van der Waals surface area contributed by atoms with Gasteiger partial charge in [-0.25, -0.2) is 18.1 Å². The third-order valence-corrected chi connectivity index (χ3v) is 8.76. The van der Waals surface area contributed by atoms with Gasteiger partial charge < -0.3 is 54.3 Å². The van der Waals surface area contributed by atoms with Crippen molar-refractivity contribution >= 4 is 35.0 Å². The fourth-order valence-electron chi connectivity index (χ4n) is 7.30. The van der Waals surface area contributed by atoms with Gasteiger partial charge in [-0.15, -0.1) is 0 Å². The molecule has 0 aliphatic heterocycles. The lowest BCUT2D eigenvalue weighted by Crippen LogP contribution is -2.69. The van der Waals surface area contributed by atoms with Crippen molar-refractivity contribution in [2.24, 2.45) is 28.6 Å². The van der Waals surface area contributed by atoms with Crippen LogP contribution in [0.4, 0.5) is 4.39 Å². The Kier molecular flexibility index (Phi) is 11.9. The number of halogens is 1. The molecule has 3 fully saturated rings. The molecule has 0 spiro atoms. The topological polar surface area (TPSA) is 308 Å². The van der Waals surface area contributed by atoms with Gasteiger partial charge in [0.25, 0.3) is 0 Å². The monoisotopic (exact) mass is 670 g/mol. The fraction of sp³-hybridized carbons (Fsp3) is 0.727. The number of aliphatic hydroxyl groups excluding tert-OH is 1. The second-order valence-corrected chi connectivity index (χ2v) is 14.3.